The summed E-state index contributed by atoms with van der Waals surface area (Å²) in [5.74, 6) is -0.217. The molecule has 1 fully saturated rings. The lowest BCUT2D eigenvalue weighted by atomic mass is 10.0. The number of benzene rings is 1. The van der Waals surface area contributed by atoms with Crippen molar-refractivity contribution in [2.75, 3.05) is 19.3 Å². The largest absolute Gasteiger partial charge is 0.354 e. The topological polar surface area (TPSA) is 84.3 Å². The van der Waals surface area contributed by atoms with Gasteiger partial charge in [0.25, 0.3) is 0 Å². The summed E-state index contributed by atoms with van der Waals surface area (Å²) in [6, 6.07) is 9.21. The number of hydrogen-bond donors (Lipinski definition) is 1. The Morgan fingerprint density at radius 2 is 2.04 bits per heavy atom. The van der Waals surface area contributed by atoms with E-state index >= 15 is 0 Å². The van der Waals surface area contributed by atoms with Crippen molar-refractivity contribution in [1.82, 2.24) is 19.4 Å². The summed E-state index contributed by atoms with van der Waals surface area (Å²) in [6.45, 7) is 0.869. The molecule has 1 aliphatic heterocycles. The van der Waals surface area contributed by atoms with Crippen molar-refractivity contribution < 1.29 is 13.2 Å². The molecular formula is C18H24N4O3S. The zero-order valence-electron chi connectivity index (χ0n) is 14.8. The number of nitrogens with one attached hydrogen (secondary N) is 1. The molecule has 0 spiro atoms. The van der Waals surface area contributed by atoms with Gasteiger partial charge in [-0.15, -0.1) is 0 Å². The Morgan fingerprint density at radius 3 is 2.77 bits per heavy atom. The van der Waals surface area contributed by atoms with Gasteiger partial charge < -0.3 is 5.32 Å². The zero-order valence-corrected chi connectivity index (χ0v) is 15.7. The van der Waals surface area contributed by atoms with Crippen molar-refractivity contribution in [3.63, 3.8) is 0 Å². The van der Waals surface area contributed by atoms with Gasteiger partial charge in [-0.05, 0) is 37.0 Å². The van der Waals surface area contributed by atoms with Crippen LogP contribution in [0, 0.1) is 0 Å². The van der Waals surface area contributed by atoms with Gasteiger partial charge in [-0.3, -0.25) is 4.79 Å². The van der Waals surface area contributed by atoms with Gasteiger partial charge in [-0.2, -0.15) is 9.40 Å². The number of carbonyl (C=O) groups is 1. The van der Waals surface area contributed by atoms with E-state index < -0.39 is 16.1 Å². The smallest absolute Gasteiger partial charge is 0.238 e. The summed E-state index contributed by atoms with van der Waals surface area (Å²) in [5, 5.41) is 7.20. The summed E-state index contributed by atoms with van der Waals surface area (Å²) in [4.78, 5) is 12.4. The molecule has 2 heterocycles. The maximum atomic E-state index is 12.4. The van der Waals surface area contributed by atoms with Gasteiger partial charge in [-0.25, -0.2) is 13.1 Å². The fourth-order valence-electron chi connectivity index (χ4n) is 3.22. The number of amides is 1. The summed E-state index contributed by atoms with van der Waals surface area (Å²) >= 11 is 0. The minimum Gasteiger partial charge on any atom is -0.354 e. The molecule has 1 aromatic heterocycles. The lowest BCUT2D eigenvalue weighted by molar-refractivity contribution is -0.125. The van der Waals surface area contributed by atoms with Gasteiger partial charge in [0.15, 0.2) is 0 Å². The highest BCUT2D eigenvalue weighted by molar-refractivity contribution is 7.88. The van der Waals surface area contributed by atoms with E-state index in [1.807, 2.05) is 36.5 Å². The molecule has 7 nitrogen and oxygen atoms in total. The maximum absolute atomic E-state index is 12.4. The number of rotatable bonds is 6. The molecule has 1 saturated heterocycles. The van der Waals surface area contributed by atoms with Crippen LogP contribution in [0.2, 0.25) is 0 Å². The molecule has 1 N–H and O–H groups in total. The Hall–Kier alpha value is -2.19. The molecule has 0 saturated carbocycles. The second kappa shape index (κ2) is 8.01. The Kier molecular flexibility index (Phi) is 5.73. The first kappa shape index (κ1) is 18.6. The number of sulfonamides is 1. The highest BCUT2D eigenvalue weighted by atomic mass is 32.2. The van der Waals surface area contributed by atoms with Gasteiger partial charge in [0.05, 0.1) is 18.1 Å². The zero-order chi connectivity index (χ0) is 18.6. The molecular weight excluding hydrogens is 352 g/mol. The van der Waals surface area contributed by atoms with E-state index in [2.05, 4.69) is 10.4 Å². The van der Waals surface area contributed by atoms with E-state index in [0.717, 1.165) is 30.3 Å². The van der Waals surface area contributed by atoms with Crippen molar-refractivity contribution in [3.8, 4) is 5.69 Å². The second-order valence-electron chi connectivity index (χ2n) is 6.56. The van der Waals surface area contributed by atoms with Gasteiger partial charge in [-0.1, -0.05) is 24.6 Å². The standard InChI is InChI=1S/C18H24N4O3S/c1-26(24,25)22-12-6-5-9-17(22)18(23)19-11-10-15-13-20-21(14-15)16-7-3-2-4-8-16/h2-4,7-8,13-14,17H,5-6,9-12H2,1H3,(H,19,23). The third kappa shape index (κ3) is 4.50. The molecule has 0 aliphatic carbocycles. The third-order valence-corrected chi connectivity index (χ3v) is 5.84. The van der Waals surface area contributed by atoms with Crippen LogP contribution in [0.5, 0.6) is 0 Å². The highest BCUT2D eigenvalue weighted by Gasteiger charge is 2.34. The van der Waals surface area contributed by atoms with E-state index in [9.17, 15) is 13.2 Å². The van der Waals surface area contributed by atoms with E-state index in [1.165, 1.54) is 4.31 Å². The third-order valence-electron chi connectivity index (χ3n) is 4.55. The van der Waals surface area contributed by atoms with Crippen LogP contribution in [0.3, 0.4) is 0 Å². The van der Waals surface area contributed by atoms with Crippen LogP contribution in [0.4, 0.5) is 0 Å². The van der Waals surface area contributed by atoms with E-state index in [0.29, 0.717) is 25.9 Å². The monoisotopic (exact) mass is 376 g/mol. The average molecular weight is 376 g/mol. The van der Waals surface area contributed by atoms with Crippen molar-refractivity contribution in [1.29, 1.82) is 0 Å². The lowest BCUT2D eigenvalue weighted by Gasteiger charge is -2.32. The molecule has 0 radical (unpaired) electrons. The predicted molar refractivity (Wildman–Crippen MR) is 99.5 cm³/mol. The van der Waals surface area contributed by atoms with E-state index in [1.54, 1.807) is 10.9 Å². The molecule has 1 unspecified atom stereocenters. The first-order valence-electron chi connectivity index (χ1n) is 8.78. The van der Waals surface area contributed by atoms with E-state index in [4.69, 9.17) is 0 Å². The number of para-hydroxylation sites is 1. The maximum Gasteiger partial charge on any atom is 0.238 e. The van der Waals surface area contributed by atoms with Crippen LogP contribution >= 0.6 is 0 Å². The molecule has 1 aromatic carbocycles. The first-order chi connectivity index (χ1) is 12.4. The number of hydrogen-bond acceptors (Lipinski definition) is 4. The Morgan fingerprint density at radius 1 is 1.27 bits per heavy atom. The summed E-state index contributed by atoms with van der Waals surface area (Å²) in [5.41, 5.74) is 1.99. The van der Waals surface area contributed by atoms with E-state index in [-0.39, 0.29) is 5.91 Å². The number of carbonyl (C=O) groups excluding carboxylic acids is 1. The minimum absolute atomic E-state index is 0.217. The van der Waals surface area contributed by atoms with Crippen molar-refractivity contribution in [2.45, 2.75) is 31.7 Å². The van der Waals surface area contributed by atoms with Gasteiger partial charge in [0.1, 0.15) is 6.04 Å². The summed E-state index contributed by atoms with van der Waals surface area (Å²) in [6.07, 6.45) is 7.77. The Bertz CT molecular complexity index is 848. The number of aromatic nitrogens is 2. The van der Waals surface area contributed by atoms with Crippen LogP contribution in [-0.4, -0.2) is 53.8 Å². The molecule has 2 aromatic rings. The van der Waals surface area contributed by atoms with Gasteiger partial charge >= 0.3 is 0 Å². The van der Waals surface area contributed by atoms with Crippen LogP contribution in [0.1, 0.15) is 24.8 Å². The van der Waals surface area contributed by atoms with Crippen LogP contribution in [-0.2, 0) is 21.2 Å². The fraction of sp³-hybridized carbons (Fsp3) is 0.444. The lowest BCUT2D eigenvalue weighted by Crippen LogP contribution is -2.51. The predicted octanol–water partition coefficient (Wildman–Crippen LogP) is 1.35. The molecule has 8 heteroatoms. The van der Waals surface area contributed by atoms with Crippen LogP contribution in [0.25, 0.3) is 5.69 Å². The molecule has 3 rings (SSSR count). The molecule has 1 aliphatic rings. The molecule has 140 valence electrons. The molecule has 0 bridgehead atoms. The van der Waals surface area contributed by atoms with Crippen LogP contribution in [0.15, 0.2) is 42.7 Å². The summed E-state index contributed by atoms with van der Waals surface area (Å²) < 4.78 is 26.9. The number of nitrogens with zero attached hydrogens (tertiary/aromatic N) is 3. The Labute approximate surface area is 154 Å². The first-order valence-corrected chi connectivity index (χ1v) is 10.6. The Balaban J connectivity index is 1.54. The highest BCUT2D eigenvalue weighted by Crippen LogP contribution is 2.20. The van der Waals surface area contributed by atoms with Gasteiger partial charge in [0, 0.05) is 19.3 Å². The summed E-state index contributed by atoms with van der Waals surface area (Å²) in [7, 11) is -3.37. The molecule has 1 amide bonds. The van der Waals surface area contributed by atoms with Gasteiger partial charge in [0.2, 0.25) is 15.9 Å². The number of piperidine rings is 1. The quantitative estimate of drug-likeness (QED) is 0.825. The molecule has 26 heavy (non-hydrogen) atoms. The minimum atomic E-state index is -3.37. The van der Waals surface area contributed by atoms with Crippen molar-refractivity contribution >= 4 is 15.9 Å². The average Bonchev–Trinajstić information content (AvgIpc) is 3.10. The fourth-order valence-corrected chi connectivity index (χ4v) is 4.35. The van der Waals surface area contributed by atoms with Crippen molar-refractivity contribution in [2.24, 2.45) is 0 Å². The SMILES string of the molecule is CS(=O)(=O)N1CCCCC1C(=O)NCCc1cnn(-c2ccccc2)c1. The molecule has 1 atom stereocenters. The van der Waals surface area contributed by atoms with Crippen LogP contribution < -0.4 is 5.32 Å². The second-order valence-corrected chi connectivity index (χ2v) is 8.49. The van der Waals surface area contributed by atoms with Crippen molar-refractivity contribution in [3.05, 3.63) is 48.3 Å². The normalized spacial score (nSPS) is 18.6.